The van der Waals surface area contributed by atoms with Gasteiger partial charge in [0, 0.05) is 31.3 Å². The molecule has 0 amide bonds. The van der Waals surface area contributed by atoms with Crippen molar-refractivity contribution in [1.29, 1.82) is 0 Å². The van der Waals surface area contributed by atoms with Crippen molar-refractivity contribution in [3.05, 3.63) is 78.1 Å². The summed E-state index contributed by atoms with van der Waals surface area (Å²) in [6, 6.07) is 15.1. The number of hydrogen-bond donors (Lipinski definition) is 2. The number of oxazole rings is 1. The van der Waals surface area contributed by atoms with Crippen molar-refractivity contribution in [2.45, 2.75) is 19.6 Å². The number of benzene rings is 3. The minimum absolute atomic E-state index is 0.0752. The first kappa shape index (κ1) is 22.8. The van der Waals surface area contributed by atoms with Gasteiger partial charge in [-0.15, -0.1) is 10.2 Å². The van der Waals surface area contributed by atoms with E-state index in [4.69, 9.17) is 4.42 Å². The standard InChI is InChI=1S/C26H23F2N5O2/c1-15(34)12-29-13-16-8-22(28)24-23(9-16)31-26(35-24)18-5-3-4-17(10-18)20-7-6-19(27)11-21(20)25-32-30-14-33(25)2/h3-11,14-15,29,34H,12-13H2,1-2H3/t15-/m0/s1. The van der Waals surface area contributed by atoms with Crippen LogP contribution in [0.3, 0.4) is 0 Å². The van der Waals surface area contributed by atoms with Gasteiger partial charge in [-0.25, -0.2) is 13.8 Å². The molecule has 7 nitrogen and oxygen atoms in total. The molecule has 0 saturated carbocycles. The molecule has 2 heterocycles. The molecule has 0 fully saturated rings. The summed E-state index contributed by atoms with van der Waals surface area (Å²) in [5.74, 6) is -0.0758. The molecule has 0 unspecified atom stereocenters. The van der Waals surface area contributed by atoms with E-state index in [1.54, 1.807) is 37.0 Å². The van der Waals surface area contributed by atoms with E-state index in [2.05, 4.69) is 20.5 Å². The SMILES string of the molecule is C[C@H](O)CNCc1cc(F)c2oc(-c3cccc(-c4ccc(F)cc4-c4nncn4C)c3)nc2c1. The second-order valence-corrected chi connectivity index (χ2v) is 8.46. The van der Waals surface area contributed by atoms with Crippen LogP contribution in [-0.2, 0) is 13.6 Å². The maximum atomic E-state index is 14.7. The van der Waals surface area contributed by atoms with Crippen molar-refractivity contribution in [1.82, 2.24) is 25.1 Å². The number of aryl methyl sites for hydroxylation is 1. The summed E-state index contributed by atoms with van der Waals surface area (Å²) in [7, 11) is 1.79. The van der Waals surface area contributed by atoms with Gasteiger partial charge in [-0.3, -0.25) is 0 Å². The highest BCUT2D eigenvalue weighted by Gasteiger charge is 2.17. The van der Waals surface area contributed by atoms with Crippen LogP contribution in [-0.4, -0.2) is 37.5 Å². The molecule has 3 aromatic carbocycles. The Kier molecular flexibility index (Phi) is 6.10. The van der Waals surface area contributed by atoms with Gasteiger partial charge in [-0.1, -0.05) is 18.2 Å². The molecule has 0 aliphatic carbocycles. The van der Waals surface area contributed by atoms with Crippen LogP contribution in [0.5, 0.6) is 0 Å². The van der Waals surface area contributed by atoms with Gasteiger partial charge in [0.1, 0.15) is 17.7 Å². The third-order valence-electron chi connectivity index (χ3n) is 5.63. The van der Waals surface area contributed by atoms with Crippen molar-refractivity contribution in [3.63, 3.8) is 0 Å². The Hall–Kier alpha value is -3.95. The van der Waals surface area contributed by atoms with Gasteiger partial charge in [-0.2, -0.15) is 0 Å². The van der Waals surface area contributed by atoms with E-state index in [0.29, 0.717) is 41.1 Å². The molecular weight excluding hydrogens is 452 g/mol. The second kappa shape index (κ2) is 9.36. The number of aliphatic hydroxyl groups excluding tert-OH is 1. The molecule has 1 atom stereocenters. The smallest absolute Gasteiger partial charge is 0.227 e. The molecular formula is C26H23F2N5O2. The predicted molar refractivity (Wildman–Crippen MR) is 128 cm³/mol. The number of rotatable bonds is 7. The Morgan fingerprint density at radius 3 is 2.66 bits per heavy atom. The van der Waals surface area contributed by atoms with Crippen LogP contribution in [0.2, 0.25) is 0 Å². The number of aromatic nitrogens is 4. The molecule has 0 radical (unpaired) electrons. The van der Waals surface area contributed by atoms with Crippen molar-refractivity contribution in [2.24, 2.45) is 7.05 Å². The summed E-state index contributed by atoms with van der Waals surface area (Å²) in [5, 5.41) is 20.5. The summed E-state index contributed by atoms with van der Waals surface area (Å²) in [6.07, 6.45) is 1.06. The molecule has 0 aliphatic rings. The van der Waals surface area contributed by atoms with Crippen molar-refractivity contribution >= 4 is 11.1 Å². The summed E-state index contributed by atoms with van der Waals surface area (Å²) in [5.41, 5.74) is 3.99. The molecule has 0 bridgehead atoms. The van der Waals surface area contributed by atoms with Crippen LogP contribution < -0.4 is 5.32 Å². The molecule has 0 spiro atoms. The average Bonchev–Trinajstić information content (AvgIpc) is 3.45. The normalized spacial score (nSPS) is 12.4. The third kappa shape index (κ3) is 4.68. The van der Waals surface area contributed by atoms with Crippen LogP contribution in [0.4, 0.5) is 8.78 Å². The number of halogens is 2. The minimum atomic E-state index is -0.505. The zero-order valence-corrected chi connectivity index (χ0v) is 19.2. The quantitative estimate of drug-likeness (QED) is 0.355. The van der Waals surface area contributed by atoms with Gasteiger partial charge in [0.25, 0.3) is 0 Å². The Morgan fingerprint density at radius 2 is 1.89 bits per heavy atom. The Bertz CT molecular complexity index is 1510. The highest BCUT2D eigenvalue weighted by molar-refractivity contribution is 5.83. The monoisotopic (exact) mass is 475 g/mol. The van der Waals surface area contributed by atoms with Crippen LogP contribution in [0.1, 0.15) is 12.5 Å². The largest absolute Gasteiger partial charge is 0.433 e. The fraction of sp³-hybridized carbons (Fsp3) is 0.192. The van der Waals surface area contributed by atoms with Gasteiger partial charge < -0.3 is 19.4 Å². The fourth-order valence-corrected chi connectivity index (χ4v) is 4.00. The lowest BCUT2D eigenvalue weighted by atomic mass is 9.97. The van der Waals surface area contributed by atoms with Crippen LogP contribution in [0, 0.1) is 11.6 Å². The van der Waals surface area contributed by atoms with Gasteiger partial charge >= 0.3 is 0 Å². The molecule has 5 aromatic rings. The zero-order chi connectivity index (χ0) is 24.5. The topological polar surface area (TPSA) is 89.0 Å². The highest BCUT2D eigenvalue weighted by Crippen LogP contribution is 2.34. The van der Waals surface area contributed by atoms with E-state index in [9.17, 15) is 13.9 Å². The van der Waals surface area contributed by atoms with Crippen LogP contribution >= 0.6 is 0 Å². The molecule has 0 saturated heterocycles. The molecule has 178 valence electrons. The number of nitrogens with one attached hydrogen (secondary N) is 1. The summed E-state index contributed by atoms with van der Waals surface area (Å²) >= 11 is 0. The molecule has 2 aromatic heterocycles. The predicted octanol–water partition coefficient (Wildman–Crippen LogP) is 4.71. The van der Waals surface area contributed by atoms with E-state index in [0.717, 1.165) is 11.1 Å². The van der Waals surface area contributed by atoms with E-state index >= 15 is 0 Å². The Morgan fingerprint density at radius 1 is 1.06 bits per heavy atom. The summed E-state index contributed by atoms with van der Waals surface area (Å²) in [6.45, 7) is 2.47. The van der Waals surface area contributed by atoms with Gasteiger partial charge in [0.15, 0.2) is 17.2 Å². The summed E-state index contributed by atoms with van der Waals surface area (Å²) < 4.78 is 36.3. The van der Waals surface area contributed by atoms with Crippen LogP contribution in [0.15, 0.2) is 65.3 Å². The minimum Gasteiger partial charge on any atom is -0.433 e. The average molecular weight is 475 g/mol. The molecule has 35 heavy (non-hydrogen) atoms. The zero-order valence-electron chi connectivity index (χ0n) is 19.2. The molecule has 0 aliphatic heterocycles. The lowest BCUT2D eigenvalue weighted by Crippen LogP contribution is -2.23. The number of fused-ring (bicyclic) bond motifs is 1. The van der Waals surface area contributed by atoms with Crippen LogP contribution in [0.25, 0.3) is 45.1 Å². The van der Waals surface area contributed by atoms with Crippen molar-refractivity contribution in [2.75, 3.05) is 6.54 Å². The molecule has 2 N–H and O–H groups in total. The number of aliphatic hydroxyl groups is 1. The third-order valence-corrected chi connectivity index (χ3v) is 5.63. The lowest BCUT2D eigenvalue weighted by molar-refractivity contribution is 0.191. The van der Waals surface area contributed by atoms with E-state index in [1.807, 2.05) is 24.3 Å². The lowest BCUT2D eigenvalue weighted by Gasteiger charge is -2.10. The van der Waals surface area contributed by atoms with Gasteiger partial charge in [0.05, 0.1) is 6.10 Å². The van der Waals surface area contributed by atoms with E-state index in [1.165, 1.54) is 18.2 Å². The van der Waals surface area contributed by atoms with Crippen molar-refractivity contribution < 1.29 is 18.3 Å². The molecule has 9 heteroatoms. The second-order valence-electron chi connectivity index (χ2n) is 8.46. The van der Waals surface area contributed by atoms with E-state index < -0.39 is 11.9 Å². The maximum absolute atomic E-state index is 14.7. The number of nitrogens with zero attached hydrogens (tertiary/aromatic N) is 4. The van der Waals surface area contributed by atoms with E-state index in [-0.39, 0.29) is 17.3 Å². The Balaban J connectivity index is 1.52. The van der Waals surface area contributed by atoms with Gasteiger partial charge in [0.2, 0.25) is 5.89 Å². The van der Waals surface area contributed by atoms with Gasteiger partial charge in [-0.05, 0) is 60.0 Å². The first-order chi connectivity index (χ1) is 16.9. The Labute approximate surface area is 200 Å². The maximum Gasteiger partial charge on any atom is 0.227 e. The fourth-order valence-electron chi connectivity index (χ4n) is 4.00. The van der Waals surface area contributed by atoms with Crippen molar-refractivity contribution in [3.8, 4) is 34.0 Å². The summed E-state index contributed by atoms with van der Waals surface area (Å²) in [4.78, 5) is 4.51. The highest BCUT2D eigenvalue weighted by atomic mass is 19.1. The molecule has 5 rings (SSSR count). The first-order valence-corrected chi connectivity index (χ1v) is 11.1. The number of hydrogen-bond acceptors (Lipinski definition) is 6. The first-order valence-electron chi connectivity index (χ1n) is 11.1.